The van der Waals surface area contributed by atoms with Gasteiger partial charge in [0.25, 0.3) is 0 Å². The van der Waals surface area contributed by atoms with Crippen molar-refractivity contribution in [2.24, 2.45) is 17.8 Å². The van der Waals surface area contributed by atoms with Crippen molar-refractivity contribution < 1.29 is 33.4 Å². The van der Waals surface area contributed by atoms with Crippen LogP contribution >= 0.6 is 0 Å². The van der Waals surface area contributed by atoms with E-state index in [0.29, 0.717) is 57.8 Å². The largest absolute Gasteiger partial charge is 0.442 e. The molecule has 2 heterocycles. The first-order valence-electron chi connectivity index (χ1n) is 21.9. The Labute approximate surface area is 338 Å². The summed E-state index contributed by atoms with van der Waals surface area (Å²) < 4.78 is 26.3. The molecule has 0 unspecified atom stereocenters. The smallest absolute Gasteiger partial charge is 0.410 e. The number of carbonyl (C=O) groups is 3. The molecule has 3 rings (SSSR count). The SMILES string of the molecule is CCCCCCCCCCCCCCN1CCN(C(=O)O[C@@H](/C=C/[C@@H](C)[C@@H](C=O)/C(C)=C/c2cc(F)cc(N3CCOCC3)c2)[C@@H](C)CC[C@H](O)CC=O)CC1. The predicted octanol–water partition coefficient (Wildman–Crippen LogP) is 9.26. The first-order valence-corrected chi connectivity index (χ1v) is 21.9. The molecule has 5 atom stereocenters. The number of aliphatic hydroxyl groups is 1. The molecule has 10 heteroatoms. The van der Waals surface area contributed by atoms with Crippen LogP contribution in [0.3, 0.4) is 0 Å². The average molecular weight is 784 g/mol. The lowest BCUT2D eigenvalue weighted by Gasteiger charge is -2.35. The number of hydrogen-bond acceptors (Lipinski definition) is 8. The molecule has 316 valence electrons. The molecule has 2 aliphatic rings. The van der Waals surface area contributed by atoms with Gasteiger partial charge in [0, 0.05) is 57.3 Å². The molecule has 2 saturated heterocycles. The van der Waals surface area contributed by atoms with E-state index in [1.54, 1.807) is 4.90 Å². The highest BCUT2D eigenvalue weighted by atomic mass is 19.1. The summed E-state index contributed by atoms with van der Waals surface area (Å²) in [5, 5.41) is 10.2. The third-order valence-electron chi connectivity index (χ3n) is 11.6. The van der Waals surface area contributed by atoms with E-state index in [2.05, 4.69) is 16.7 Å². The quantitative estimate of drug-likeness (QED) is 0.0536. The number of nitrogens with zero attached hydrogens (tertiary/aromatic N) is 3. The predicted molar refractivity (Wildman–Crippen MR) is 225 cm³/mol. The van der Waals surface area contributed by atoms with Crippen molar-refractivity contribution in [1.82, 2.24) is 9.80 Å². The highest BCUT2D eigenvalue weighted by Crippen LogP contribution is 2.27. The summed E-state index contributed by atoms with van der Waals surface area (Å²) in [4.78, 5) is 43.2. The number of aliphatic hydroxyl groups excluding tert-OH is 1. The summed E-state index contributed by atoms with van der Waals surface area (Å²) in [5.74, 6) is -1.16. The van der Waals surface area contributed by atoms with Gasteiger partial charge in [-0.3, -0.25) is 4.90 Å². The van der Waals surface area contributed by atoms with Crippen molar-refractivity contribution in [2.45, 2.75) is 136 Å². The highest BCUT2D eigenvalue weighted by Gasteiger charge is 2.27. The summed E-state index contributed by atoms with van der Waals surface area (Å²) in [6.07, 6.45) is 22.7. The average Bonchev–Trinajstić information content (AvgIpc) is 3.19. The number of anilines is 1. The van der Waals surface area contributed by atoms with Crippen molar-refractivity contribution in [3.8, 4) is 0 Å². The number of amides is 1. The molecule has 9 nitrogen and oxygen atoms in total. The first-order chi connectivity index (χ1) is 27.1. The minimum atomic E-state index is -0.744. The standard InChI is InChI=1S/C46H74FN3O6/c1-5-6-7-8-9-10-11-12-13-14-15-16-22-48-23-25-50(26-24-48)46(54)56-45(38(3)17-19-43(53)21-29-51)20-18-37(2)44(36-52)39(4)32-40-33-41(47)35-42(34-40)49-27-30-55-31-28-49/h18,20,29,32-38,43-45,53H,5-17,19,21-28,30-31H2,1-4H3/b20-18+,39-32+/t37-,38+,43+,44-,45+/m1/s1. The number of rotatable bonds is 27. The number of hydrogen-bond donors (Lipinski definition) is 1. The van der Waals surface area contributed by atoms with Gasteiger partial charge in [0.1, 0.15) is 24.5 Å². The molecule has 1 aromatic rings. The number of halogens is 1. The lowest BCUT2D eigenvalue weighted by atomic mass is 9.86. The first kappa shape index (κ1) is 47.3. The fourth-order valence-corrected chi connectivity index (χ4v) is 7.81. The van der Waals surface area contributed by atoms with Crippen LogP contribution in [0.15, 0.2) is 35.9 Å². The number of allylic oxidation sites excluding steroid dienone is 2. The molecule has 0 bridgehead atoms. The number of unbranched alkanes of at least 4 members (excludes halogenated alkanes) is 11. The molecule has 1 N–H and O–H groups in total. The maximum atomic E-state index is 14.7. The Morgan fingerprint density at radius 3 is 2.09 bits per heavy atom. The van der Waals surface area contributed by atoms with Gasteiger partial charge in [-0.15, -0.1) is 0 Å². The van der Waals surface area contributed by atoms with E-state index in [0.717, 1.165) is 43.5 Å². The Morgan fingerprint density at radius 2 is 1.48 bits per heavy atom. The number of piperazine rings is 1. The van der Waals surface area contributed by atoms with Crippen LogP contribution in [0.4, 0.5) is 14.9 Å². The summed E-state index contributed by atoms with van der Waals surface area (Å²) >= 11 is 0. The van der Waals surface area contributed by atoms with Crippen molar-refractivity contribution in [3.05, 3.63) is 47.3 Å². The van der Waals surface area contributed by atoms with Gasteiger partial charge < -0.3 is 34.0 Å². The Hall–Kier alpha value is -3.08. The number of morpholine rings is 1. The van der Waals surface area contributed by atoms with Crippen LogP contribution in [0.2, 0.25) is 0 Å². The van der Waals surface area contributed by atoms with Crippen molar-refractivity contribution >= 4 is 30.4 Å². The second-order valence-corrected chi connectivity index (χ2v) is 16.3. The second kappa shape index (κ2) is 27.5. The molecule has 0 radical (unpaired) electrons. The number of aldehydes is 2. The summed E-state index contributed by atoms with van der Waals surface area (Å²) in [5.41, 5.74) is 2.28. The number of carbonyl (C=O) groups excluding carboxylic acids is 3. The topological polar surface area (TPSA) is 99.6 Å². The van der Waals surface area contributed by atoms with Gasteiger partial charge >= 0.3 is 6.09 Å². The minimum Gasteiger partial charge on any atom is -0.442 e. The normalized spacial score (nSPS) is 18.4. The van der Waals surface area contributed by atoms with Crippen LogP contribution < -0.4 is 4.90 Å². The zero-order chi connectivity index (χ0) is 40.5. The van der Waals surface area contributed by atoms with Gasteiger partial charge in [-0.1, -0.05) is 109 Å². The molecule has 2 aliphatic heterocycles. The number of benzene rings is 1. The molecule has 56 heavy (non-hydrogen) atoms. The molecule has 0 aromatic heterocycles. The molecular weight excluding hydrogens is 710 g/mol. The minimum absolute atomic E-state index is 0.0689. The van der Waals surface area contributed by atoms with Crippen LogP contribution in [-0.2, 0) is 19.1 Å². The van der Waals surface area contributed by atoms with E-state index >= 15 is 0 Å². The maximum Gasteiger partial charge on any atom is 0.410 e. The van der Waals surface area contributed by atoms with Gasteiger partial charge in [0.05, 0.1) is 19.3 Å². The van der Waals surface area contributed by atoms with Gasteiger partial charge in [-0.25, -0.2) is 9.18 Å². The van der Waals surface area contributed by atoms with Crippen molar-refractivity contribution in [1.29, 1.82) is 0 Å². The lowest BCUT2D eigenvalue weighted by Crippen LogP contribution is -2.49. The van der Waals surface area contributed by atoms with E-state index in [1.165, 1.54) is 89.2 Å². The molecule has 1 aromatic carbocycles. The lowest BCUT2D eigenvalue weighted by molar-refractivity contribution is -0.111. The fourth-order valence-electron chi connectivity index (χ4n) is 7.81. The van der Waals surface area contributed by atoms with Crippen LogP contribution in [-0.4, -0.2) is 105 Å². The van der Waals surface area contributed by atoms with E-state index in [-0.39, 0.29) is 30.2 Å². The maximum absolute atomic E-state index is 14.7. The monoisotopic (exact) mass is 784 g/mol. The fraction of sp³-hybridized carbons (Fsp3) is 0.717. The third kappa shape index (κ3) is 18.0. The van der Waals surface area contributed by atoms with Crippen LogP contribution in [0.5, 0.6) is 0 Å². The summed E-state index contributed by atoms with van der Waals surface area (Å²) in [7, 11) is 0. The van der Waals surface area contributed by atoms with E-state index in [4.69, 9.17) is 9.47 Å². The zero-order valence-corrected chi connectivity index (χ0v) is 35.2. The van der Waals surface area contributed by atoms with Crippen LogP contribution in [0.1, 0.15) is 130 Å². The molecule has 0 spiro atoms. The van der Waals surface area contributed by atoms with Crippen molar-refractivity contribution in [3.63, 3.8) is 0 Å². The van der Waals surface area contributed by atoms with E-state index < -0.39 is 18.1 Å². The van der Waals surface area contributed by atoms with Gasteiger partial charge in [-0.05, 0) is 74.4 Å². The molecule has 1 amide bonds. The van der Waals surface area contributed by atoms with Crippen molar-refractivity contribution in [2.75, 3.05) is 63.9 Å². The van der Waals surface area contributed by atoms with Crippen LogP contribution in [0, 0.1) is 23.6 Å². The molecular formula is C46H74FN3O6. The number of ether oxygens (including phenoxy) is 2. The Kier molecular flexibility index (Phi) is 23.3. The molecule has 2 fully saturated rings. The summed E-state index contributed by atoms with van der Waals surface area (Å²) in [6.45, 7) is 14.6. The molecule has 0 aliphatic carbocycles. The zero-order valence-electron chi connectivity index (χ0n) is 35.2. The Morgan fingerprint density at radius 1 is 0.857 bits per heavy atom. The highest BCUT2D eigenvalue weighted by molar-refractivity contribution is 5.69. The van der Waals surface area contributed by atoms with E-state index in [1.807, 2.05) is 45.1 Å². The third-order valence-corrected chi connectivity index (χ3v) is 11.6. The summed E-state index contributed by atoms with van der Waals surface area (Å²) in [6, 6.07) is 4.95. The Bertz CT molecular complexity index is 1330. The van der Waals surface area contributed by atoms with Gasteiger partial charge in [0.15, 0.2) is 0 Å². The second-order valence-electron chi connectivity index (χ2n) is 16.3. The van der Waals surface area contributed by atoms with Gasteiger partial charge in [0.2, 0.25) is 0 Å². The van der Waals surface area contributed by atoms with Crippen LogP contribution in [0.25, 0.3) is 6.08 Å². The van der Waals surface area contributed by atoms with Gasteiger partial charge in [-0.2, -0.15) is 0 Å². The molecule has 0 saturated carbocycles. The van der Waals surface area contributed by atoms with E-state index in [9.17, 15) is 23.9 Å². The Balaban J connectivity index is 1.53.